The van der Waals surface area contributed by atoms with Crippen LogP contribution in [0.3, 0.4) is 0 Å². The van der Waals surface area contributed by atoms with E-state index in [1.165, 1.54) is 12.1 Å². The Morgan fingerprint density at radius 1 is 1.46 bits per heavy atom. The lowest BCUT2D eigenvalue weighted by molar-refractivity contribution is 0.608. The standard InChI is InChI=1S/C7H6BrFNO2S/c1-13(11,12)10-5-2-3-7(9)6(8)4-5/h2-4H,1H3/q-1. The van der Waals surface area contributed by atoms with E-state index in [9.17, 15) is 12.8 Å². The second-order valence-corrected chi connectivity index (χ2v) is 4.93. The summed E-state index contributed by atoms with van der Waals surface area (Å²) in [6.45, 7) is 0. The first-order valence-electron chi connectivity index (χ1n) is 3.26. The first kappa shape index (κ1) is 10.5. The highest BCUT2D eigenvalue weighted by atomic mass is 79.9. The summed E-state index contributed by atoms with van der Waals surface area (Å²) in [7, 11) is -3.43. The minimum atomic E-state index is -3.43. The van der Waals surface area contributed by atoms with E-state index in [0.717, 1.165) is 12.3 Å². The molecule has 0 aliphatic rings. The third-order valence-corrected chi connectivity index (χ3v) is 2.32. The van der Waals surface area contributed by atoms with Crippen LogP contribution in [0.5, 0.6) is 0 Å². The van der Waals surface area contributed by atoms with Gasteiger partial charge in [0.15, 0.2) is 0 Å². The van der Waals surface area contributed by atoms with Gasteiger partial charge in [-0.2, -0.15) is 0 Å². The Balaban J connectivity index is 2.99. The molecule has 3 nitrogen and oxygen atoms in total. The van der Waals surface area contributed by atoms with Gasteiger partial charge < -0.3 is 4.72 Å². The van der Waals surface area contributed by atoms with Gasteiger partial charge in [0.25, 0.3) is 0 Å². The molecular formula is C7H6BrFNO2S-. The summed E-state index contributed by atoms with van der Waals surface area (Å²) in [5.74, 6) is -0.451. The molecule has 72 valence electrons. The Kier molecular flexibility index (Phi) is 2.92. The van der Waals surface area contributed by atoms with Crippen molar-refractivity contribution in [1.82, 2.24) is 0 Å². The second-order valence-electron chi connectivity index (χ2n) is 2.42. The molecule has 1 rings (SSSR count). The molecule has 0 N–H and O–H groups in total. The van der Waals surface area contributed by atoms with Crippen LogP contribution < -0.4 is 0 Å². The molecule has 1 aromatic rings. The molecule has 0 aliphatic heterocycles. The lowest BCUT2D eigenvalue weighted by Crippen LogP contribution is -1.90. The number of sulfonamides is 1. The van der Waals surface area contributed by atoms with Gasteiger partial charge in [-0.15, -0.1) is 5.69 Å². The van der Waals surface area contributed by atoms with Gasteiger partial charge in [0.1, 0.15) is 5.82 Å². The smallest absolute Gasteiger partial charge is 0.137 e. The first-order chi connectivity index (χ1) is 5.88. The Hall–Kier alpha value is -0.620. The number of nitrogens with zero attached hydrogens (tertiary/aromatic N) is 1. The largest absolute Gasteiger partial charge is 0.577 e. The van der Waals surface area contributed by atoms with Crippen LogP contribution >= 0.6 is 15.9 Å². The van der Waals surface area contributed by atoms with Gasteiger partial charge in [-0.3, -0.25) is 0 Å². The Labute approximate surface area is 84.1 Å². The molecule has 6 heteroatoms. The van der Waals surface area contributed by atoms with E-state index in [4.69, 9.17) is 0 Å². The zero-order valence-electron chi connectivity index (χ0n) is 6.66. The van der Waals surface area contributed by atoms with Crippen molar-refractivity contribution in [3.63, 3.8) is 0 Å². The summed E-state index contributed by atoms with van der Waals surface area (Å²) in [5, 5.41) is 0. The Bertz CT molecular complexity index is 419. The molecule has 13 heavy (non-hydrogen) atoms. The van der Waals surface area contributed by atoms with Gasteiger partial charge in [0.05, 0.1) is 14.5 Å². The van der Waals surface area contributed by atoms with Gasteiger partial charge in [0, 0.05) is 6.26 Å². The minimum absolute atomic E-state index is 0.192. The van der Waals surface area contributed by atoms with Crippen molar-refractivity contribution in [1.29, 1.82) is 0 Å². The summed E-state index contributed by atoms with van der Waals surface area (Å²) in [4.78, 5) is 0. The van der Waals surface area contributed by atoms with Crippen molar-refractivity contribution in [2.45, 2.75) is 0 Å². The van der Waals surface area contributed by atoms with E-state index in [1.54, 1.807) is 0 Å². The van der Waals surface area contributed by atoms with Crippen LogP contribution in [-0.2, 0) is 10.0 Å². The SMILES string of the molecule is CS(=O)(=O)[N-]c1ccc(F)c(Br)c1. The van der Waals surface area contributed by atoms with Gasteiger partial charge in [-0.1, -0.05) is 12.1 Å². The normalized spacial score (nSPS) is 11.3. The van der Waals surface area contributed by atoms with Crippen LogP contribution in [0.25, 0.3) is 4.72 Å². The molecule has 0 saturated carbocycles. The van der Waals surface area contributed by atoms with E-state index in [0.29, 0.717) is 0 Å². The number of hydrogen-bond acceptors (Lipinski definition) is 2. The average molecular weight is 267 g/mol. The van der Waals surface area contributed by atoms with Crippen LogP contribution in [0, 0.1) is 5.82 Å². The van der Waals surface area contributed by atoms with Crippen LogP contribution in [0.15, 0.2) is 22.7 Å². The van der Waals surface area contributed by atoms with Crippen LogP contribution in [0.1, 0.15) is 0 Å². The first-order valence-corrected chi connectivity index (χ1v) is 5.91. The topological polar surface area (TPSA) is 48.2 Å². The maximum absolute atomic E-state index is 12.7. The van der Waals surface area contributed by atoms with E-state index in [2.05, 4.69) is 20.7 Å². The molecular weight excluding hydrogens is 261 g/mol. The molecule has 0 saturated heterocycles. The molecule has 0 unspecified atom stereocenters. The fraction of sp³-hybridized carbons (Fsp3) is 0.143. The van der Waals surface area contributed by atoms with Crippen molar-refractivity contribution in [2.24, 2.45) is 0 Å². The lowest BCUT2D eigenvalue weighted by Gasteiger charge is -2.18. The van der Waals surface area contributed by atoms with Gasteiger partial charge >= 0.3 is 0 Å². The van der Waals surface area contributed by atoms with Crippen molar-refractivity contribution in [2.75, 3.05) is 6.26 Å². The fourth-order valence-electron chi connectivity index (χ4n) is 0.733. The second kappa shape index (κ2) is 3.63. The maximum Gasteiger partial charge on any atom is 0.137 e. The third-order valence-electron chi connectivity index (χ3n) is 1.17. The average Bonchev–Trinajstić information content (AvgIpc) is 1.94. The van der Waals surface area contributed by atoms with Crippen molar-refractivity contribution >= 4 is 31.6 Å². The molecule has 0 atom stereocenters. The van der Waals surface area contributed by atoms with Gasteiger partial charge in [0.2, 0.25) is 0 Å². The van der Waals surface area contributed by atoms with Crippen LogP contribution in [0.4, 0.5) is 10.1 Å². The summed E-state index contributed by atoms with van der Waals surface area (Å²) in [6, 6.07) is 3.74. The van der Waals surface area contributed by atoms with Crippen molar-refractivity contribution in [3.05, 3.63) is 33.2 Å². The number of benzene rings is 1. The number of halogens is 2. The highest BCUT2D eigenvalue weighted by Crippen LogP contribution is 2.26. The highest BCUT2D eigenvalue weighted by molar-refractivity contribution is 9.10. The predicted octanol–water partition coefficient (Wildman–Crippen LogP) is 2.55. The zero-order chi connectivity index (χ0) is 10.1. The molecule has 0 aliphatic carbocycles. The Morgan fingerprint density at radius 2 is 2.08 bits per heavy atom. The maximum atomic E-state index is 12.7. The highest BCUT2D eigenvalue weighted by Gasteiger charge is 1.96. The zero-order valence-corrected chi connectivity index (χ0v) is 9.06. The molecule has 0 amide bonds. The third kappa shape index (κ3) is 3.31. The summed E-state index contributed by atoms with van der Waals surface area (Å²) in [6.07, 6.45) is 0.976. The number of hydrogen-bond donors (Lipinski definition) is 0. The minimum Gasteiger partial charge on any atom is -0.577 e. The molecule has 0 spiro atoms. The molecule has 0 aromatic heterocycles. The summed E-state index contributed by atoms with van der Waals surface area (Å²) >= 11 is 2.92. The summed E-state index contributed by atoms with van der Waals surface area (Å²) < 4.78 is 37.7. The molecule has 0 heterocycles. The fourth-order valence-corrected chi connectivity index (χ4v) is 1.60. The van der Waals surface area contributed by atoms with Crippen LogP contribution in [-0.4, -0.2) is 14.7 Å². The quantitative estimate of drug-likeness (QED) is 0.826. The van der Waals surface area contributed by atoms with Crippen LogP contribution in [0.2, 0.25) is 0 Å². The van der Waals surface area contributed by atoms with Crippen molar-refractivity contribution in [3.8, 4) is 0 Å². The van der Waals surface area contributed by atoms with E-state index in [-0.39, 0.29) is 10.2 Å². The molecule has 1 aromatic carbocycles. The predicted molar refractivity (Wildman–Crippen MR) is 52.0 cm³/mol. The summed E-state index contributed by atoms with van der Waals surface area (Å²) in [5.41, 5.74) is 0.204. The van der Waals surface area contributed by atoms with Gasteiger partial charge in [-0.05, 0) is 22.0 Å². The van der Waals surface area contributed by atoms with E-state index in [1.807, 2.05) is 0 Å². The number of rotatable bonds is 2. The van der Waals surface area contributed by atoms with E-state index < -0.39 is 15.8 Å². The molecule has 0 fully saturated rings. The van der Waals surface area contributed by atoms with Gasteiger partial charge in [-0.25, -0.2) is 12.8 Å². The van der Waals surface area contributed by atoms with Crippen molar-refractivity contribution < 1.29 is 12.8 Å². The monoisotopic (exact) mass is 266 g/mol. The molecule has 0 radical (unpaired) electrons. The van der Waals surface area contributed by atoms with E-state index >= 15 is 0 Å². The Morgan fingerprint density at radius 3 is 2.54 bits per heavy atom. The molecule has 0 bridgehead atoms. The lowest BCUT2D eigenvalue weighted by atomic mass is 10.3.